The summed E-state index contributed by atoms with van der Waals surface area (Å²) in [5.74, 6) is 0. The number of aromatic nitrogens is 1. The first kappa shape index (κ1) is 15.6. The smallest absolute Gasteiger partial charge is 0.0488 e. The maximum Gasteiger partial charge on any atom is 0.0488 e. The summed E-state index contributed by atoms with van der Waals surface area (Å²) in [7, 11) is 2.20. The van der Waals surface area contributed by atoms with Crippen molar-refractivity contribution in [2.75, 3.05) is 7.05 Å². The highest BCUT2D eigenvalue weighted by molar-refractivity contribution is 5.87. The third-order valence-corrected chi connectivity index (χ3v) is 4.95. The van der Waals surface area contributed by atoms with Crippen molar-refractivity contribution in [1.29, 1.82) is 0 Å². The van der Waals surface area contributed by atoms with Crippen LogP contribution in [0.1, 0.15) is 49.1 Å². The molecule has 1 aromatic carbocycles. The highest BCUT2D eigenvalue weighted by Gasteiger charge is 2.21. The van der Waals surface area contributed by atoms with E-state index in [9.17, 15) is 0 Å². The molecule has 1 aliphatic heterocycles. The summed E-state index contributed by atoms with van der Waals surface area (Å²) in [5.41, 5.74) is 13.4. The number of aryl methyl sites for hydroxylation is 2. The van der Waals surface area contributed by atoms with Crippen molar-refractivity contribution >= 4 is 10.9 Å². The zero-order valence-corrected chi connectivity index (χ0v) is 14.4. The van der Waals surface area contributed by atoms with Gasteiger partial charge in [-0.25, -0.2) is 0 Å². The second kappa shape index (κ2) is 6.05. The second-order valence-electron chi connectivity index (χ2n) is 7.04. The van der Waals surface area contributed by atoms with E-state index in [0.29, 0.717) is 0 Å². The van der Waals surface area contributed by atoms with Crippen LogP contribution in [0.3, 0.4) is 0 Å². The fraction of sp³-hybridized carbons (Fsp3) is 0.579. The predicted molar refractivity (Wildman–Crippen MR) is 94.1 cm³/mol. The van der Waals surface area contributed by atoms with Gasteiger partial charge in [-0.15, -0.1) is 0 Å². The van der Waals surface area contributed by atoms with Crippen LogP contribution in [0.25, 0.3) is 10.9 Å². The van der Waals surface area contributed by atoms with E-state index < -0.39 is 0 Å². The van der Waals surface area contributed by atoms with E-state index >= 15 is 0 Å². The molecule has 0 fully saturated rings. The van der Waals surface area contributed by atoms with Crippen LogP contribution in [0.2, 0.25) is 0 Å². The van der Waals surface area contributed by atoms with Gasteiger partial charge in [0.25, 0.3) is 0 Å². The zero-order valence-electron chi connectivity index (χ0n) is 14.4. The van der Waals surface area contributed by atoms with Crippen molar-refractivity contribution in [2.24, 2.45) is 5.73 Å². The van der Waals surface area contributed by atoms with Crippen molar-refractivity contribution < 1.29 is 0 Å². The molecule has 2 aromatic rings. The van der Waals surface area contributed by atoms with Gasteiger partial charge in [0.05, 0.1) is 0 Å². The minimum absolute atomic E-state index is 0.268. The molecule has 2 N–H and O–H groups in total. The molecule has 0 radical (unpaired) electrons. The molecule has 1 unspecified atom stereocenters. The first-order chi connectivity index (χ1) is 10.5. The molecule has 3 nitrogen and oxygen atoms in total. The Bertz CT molecular complexity index is 682. The largest absolute Gasteiger partial charge is 0.345 e. The predicted octanol–water partition coefficient (Wildman–Crippen LogP) is 3.58. The van der Waals surface area contributed by atoms with E-state index in [4.69, 9.17) is 5.73 Å². The highest BCUT2D eigenvalue weighted by Crippen LogP contribution is 2.33. The van der Waals surface area contributed by atoms with Gasteiger partial charge >= 0.3 is 0 Å². The van der Waals surface area contributed by atoms with E-state index in [0.717, 1.165) is 32.5 Å². The maximum atomic E-state index is 5.99. The van der Waals surface area contributed by atoms with E-state index in [1.807, 2.05) is 0 Å². The monoisotopic (exact) mass is 299 g/mol. The Balaban J connectivity index is 2.12. The van der Waals surface area contributed by atoms with Crippen LogP contribution < -0.4 is 5.73 Å². The highest BCUT2D eigenvalue weighted by atomic mass is 15.1. The number of benzene rings is 1. The summed E-state index contributed by atoms with van der Waals surface area (Å²) < 4.78 is 2.52. The van der Waals surface area contributed by atoms with Gasteiger partial charge in [-0.05, 0) is 69.0 Å². The van der Waals surface area contributed by atoms with Gasteiger partial charge in [0.15, 0.2) is 0 Å². The number of hydrogen-bond acceptors (Lipinski definition) is 2. The van der Waals surface area contributed by atoms with Crippen molar-refractivity contribution in [1.82, 2.24) is 9.47 Å². The molecule has 1 aromatic heterocycles. The zero-order chi connectivity index (χ0) is 15.9. The quantitative estimate of drug-likeness (QED) is 0.915. The topological polar surface area (TPSA) is 34.2 Å². The lowest BCUT2D eigenvalue weighted by molar-refractivity contribution is 0.353. The molecule has 0 amide bonds. The Kier molecular flexibility index (Phi) is 4.28. The van der Waals surface area contributed by atoms with Crippen molar-refractivity contribution in [2.45, 2.75) is 65.7 Å². The van der Waals surface area contributed by atoms with Crippen LogP contribution in [0, 0.1) is 6.92 Å². The fourth-order valence-electron chi connectivity index (χ4n) is 3.81. The number of hydrogen-bond donors (Lipinski definition) is 1. The molecule has 0 aliphatic carbocycles. The van der Waals surface area contributed by atoms with Gasteiger partial charge in [-0.2, -0.15) is 0 Å². The third-order valence-electron chi connectivity index (χ3n) is 4.95. The number of rotatable bonds is 5. The molecule has 0 saturated carbocycles. The lowest BCUT2D eigenvalue weighted by atomic mass is 10.0. The van der Waals surface area contributed by atoms with Gasteiger partial charge < -0.3 is 10.3 Å². The standard InChI is InChI=1S/C19H29N3/c1-5-8-22-14(3)17(7-6-13(2)20)18-9-15-11-21(4)12-16(15)10-19(18)22/h9-10,13H,5-8,11-12,20H2,1-4H3. The Hall–Kier alpha value is -1.32. The molecule has 1 atom stereocenters. The first-order valence-corrected chi connectivity index (χ1v) is 8.58. The van der Waals surface area contributed by atoms with Gasteiger partial charge in [0.2, 0.25) is 0 Å². The molecular formula is C19H29N3. The molecule has 3 heteroatoms. The van der Waals surface area contributed by atoms with Crippen molar-refractivity contribution in [3.63, 3.8) is 0 Å². The number of nitrogens with zero attached hydrogens (tertiary/aromatic N) is 2. The Morgan fingerprint density at radius 3 is 2.55 bits per heavy atom. The van der Waals surface area contributed by atoms with E-state index in [-0.39, 0.29) is 6.04 Å². The molecule has 2 heterocycles. The van der Waals surface area contributed by atoms with Crippen molar-refractivity contribution in [3.8, 4) is 0 Å². The summed E-state index contributed by atoms with van der Waals surface area (Å²) >= 11 is 0. The van der Waals surface area contributed by atoms with Crippen LogP contribution in [0.15, 0.2) is 12.1 Å². The number of fused-ring (bicyclic) bond motifs is 2. The number of nitrogens with two attached hydrogens (primary N) is 1. The molecule has 0 bridgehead atoms. The molecule has 1 aliphatic rings. The van der Waals surface area contributed by atoms with Crippen LogP contribution in [-0.4, -0.2) is 22.6 Å². The summed E-state index contributed by atoms with van der Waals surface area (Å²) in [6.45, 7) is 9.91. The fourth-order valence-corrected chi connectivity index (χ4v) is 3.81. The van der Waals surface area contributed by atoms with Gasteiger partial charge in [-0.3, -0.25) is 4.90 Å². The molecule has 0 spiro atoms. The Morgan fingerprint density at radius 2 is 1.91 bits per heavy atom. The third kappa shape index (κ3) is 2.68. The van der Waals surface area contributed by atoms with Crippen molar-refractivity contribution in [3.05, 3.63) is 34.5 Å². The molecule has 0 saturated heterocycles. The summed E-state index contributed by atoms with van der Waals surface area (Å²) in [6, 6.07) is 5.15. The normalized spacial score (nSPS) is 16.4. The van der Waals surface area contributed by atoms with E-state index in [1.54, 1.807) is 0 Å². The minimum atomic E-state index is 0.268. The Morgan fingerprint density at radius 1 is 1.23 bits per heavy atom. The summed E-state index contributed by atoms with van der Waals surface area (Å²) in [4.78, 5) is 2.39. The average Bonchev–Trinajstić information content (AvgIpc) is 2.93. The first-order valence-electron chi connectivity index (χ1n) is 8.58. The van der Waals surface area contributed by atoms with E-state index in [1.165, 1.54) is 39.7 Å². The van der Waals surface area contributed by atoms with Gasteiger partial charge in [0, 0.05) is 42.3 Å². The lowest BCUT2D eigenvalue weighted by Crippen LogP contribution is -2.15. The van der Waals surface area contributed by atoms with Crippen LogP contribution in [0.5, 0.6) is 0 Å². The second-order valence-corrected chi connectivity index (χ2v) is 7.04. The van der Waals surface area contributed by atoms with Crippen LogP contribution >= 0.6 is 0 Å². The van der Waals surface area contributed by atoms with Crippen LogP contribution in [-0.2, 0) is 26.1 Å². The molecule has 3 rings (SSSR count). The SMILES string of the molecule is CCCn1c(C)c(CCC(C)N)c2cc3c(cc21)CN(C)C3. The van der Waals surface area contributed by atoms with E-state index in [2.05, 4.69) is 49.4 Å². The maximum absolute atomic E-state index is 5.99. The lowest BCUT2D eigenvalue weighted by Gasteiger charge is -2.08. The molecule has 120 valence electrons. The summed E-state index contributed by atoms with van der Waals surface area (Å²) in [6.07, 6.45) is 3.32. The average molecular weight is 299 g/mol. The van der Waals surface area contributed by atoms with Crippen LogP contribution in [0.4, 0.5) is 0 Å². The summed E-state index contributed by atoms with van der Waals surface area (Å²) in [5, 5.41) is 1.46. The minimum Gasteiger partial charge on any atom is -0.345 e. The Labute approximate surface area is 134 Å². The van der Waals surface area contributed by atoms with Gasteiger partial charge in [-0.1, -0.05) is 6.92 Å². The molecule has 22 heavy (non-hydrogen) atoms. The van der Waals surface area contributed by atoms with Gasteiger partial charge in [0.1, 0.15) is 0 Å². The molecular weight excluding hydrogens is 270 g/mol.